The Morgan fingerprint density at radius 1 is 1.47 bits per heavy atom. The summed E-state index contributed by atoms with van der Waals surface area (Å²) in [4.78, 5) is 4.40. The van der Waals surface area contributed by atoms with E-state index in [1.165, 1.54) is 0 Å². The fraction of sp³-hybridized carbons (Fsp3) is 0.833. The van der Waals surface area contributed by atoms with Crippen molar-refractivity contribution in [1.82, 2.24) is 15.5 Å². The topological polar surface area (TPSA) is 60.2 Å². The van der Waals surface area contributed by atoms with Crippen LogP contribution in [0.25, 0.3) is 0 Å². The number of aromatic nitrogens is 2. The highest BCUT2D eigenvalue weighted by Gasteiger charge is 2.18. The molecule has 96 valence electrons. The van der Waals surface area contributed by atoms with E-state index < -0.39 is 0 Å². The molecule has 17 heavy (non-hydrogen) atoms. The van der Waals surface area contributed by atoms with Crippen molar-refractivity contribution in [3.05, 3.63) is 11.7 Å². The van der Waals surface area contributed by atoms with Crippen molar-refractivity contribution in [2.75, 3.05) is 19.8 Å². The second-order valence-corrected chi connectivity index (χ2v) is 4.90. The number of rotatable bonds is 6. The zero-order valence-corrected chi connectivity index (χ0v) is 10.6. The molecule has 0 amide bonds. The van der Waals surface area contributed by atoms with Gasteiger partial charge >= 0.3 is 0 Å². The van der Waals surface area contributed by atoms with Gasteiger partial charge in [-0.25, -0.2) is 0 Å². The molecule has 1 aromatic heterocycles. The second-order valence-electron chi connectivity index (χ2n) is 4.90. The fourth-order valence-electron chi connectivity index (χ4n) is 1.94. The van der Waals surface area contributed by atoms with Crippen molar-refractivity contribution >= 4 is 0 Å². The SMILES string of the molecule is CC(C)NCCc1nc(CC2CCOC2)no1. The molecule has 0 spiro atoms. The molecule has 1 aromatic rings. The minimum atomic E-state index is 0.494. The zero-order chi connectivity index (χ0) is 12.1. The number of nitrogens with one attached hydrogen (secondary N) is 1. The summed E-state index contributed by atoms with van der Waals surface area (Å²) in [6.07, 6.45) is 2.78. The van der Waals surface area contributed by atoms with E-state index >= 15 is 0 Å². The Hall–Kier alpha value is -0.940. The van der Waals surface area contributed by atoms with Gasteiger partial charge in [0.1, 0.15) is 0 Å². The molecule has 1 fully saturated rings. The van der Waals surface area contributed by atoms with Crippen LogP contribution in [0.15, 0.2) is 4.52 Å². The summed E-state index contributed by atoms with van der Waals surface area (Å²) >= 11 is 0. The summed E-state index contributed by atoms with van der Waals surface area (Å²) in [5.74, 6) is 2.11. The van der Waals surface area contributed by atoms with Crippen molar-refractivity contribution < 1.29 is 9.26 Å². The Balaban J connectivity index is 1.75. The number of ether oxygens (including phenoxy) is 1. The Morgan fingerprint density at radius 3 is 3.06 bits per heavy atom. The van der Waals surface area contributed by atoms with E-state index in [-0.39, 0.29) is 0 Å². The maximum atomic E-state index is 5.33. The average molecular weight is 239 g/mol. The lowest BCUT2D eigenvalue weighted by molar-refractivity contribution is 0.185. The van der Waals surface area contributed by atoms with Gasteiger partial charge in [0.2, 0.25) is 5.89 Å². The van der Waals surface area contributed by atoms with E-state index in [4.69, 9.17) is 9.26 Å². The maximum absolute atomic E-state index is 5.33. The van der Waals surface area contributed by atoms with Crippen LogP contribution in [-0.4, -0.2) is 35.9 Å². The van der Waals surface area contributed by atoms with Gasteiger partial charge in [0.15, 0.2) is 5.82 Å². The van der Waals surface area contributed by atoms with Crippen molar-refractivity contribution in [3.63, 3.8) is 0 Å². The molecular formula is C12H21N3O2. The average Bonchev–Trinajstić information content (AvgIpc) is 2.90. The van der Waals surface area contributed by atoms with Gasteiger partial charge in [-0.1, -0.05) is 19.0 Å². The van der Waals surface area contributed by atoms with Crippen LogP contribution in [0.2, 0.25) is 0 Å². The van der Waals surface area contributed by atoms with E-state index in [1.807, 2.05) is 0 Å². The summed E-state index contributed by atoms with van der Waals surface area (Å²) in [6.45, 7) is 6.83. The molecule has 0 saturated carbocycles. The molecule has 1 unspecified atom stereocenters. The highest BCUT2D eigenvalue weighted by molar-refractivity contribution is 4.89. The molecule has 0 radical (unpaired) electrons. The molecular weight excluding hydrogens is 218 g/mol. The molecule has 1 atom stereocenters. The molecule has 1 aliphatic rings. The van der Waals surface area contributed by atoms with Crippen LogP contribution in [0.3, 0.4) is 0 Å². The summed E-state index contributed by atoms with van der Waals surface area (Å²) < 4.78 is 10.5. The third-order valence-corrected chi connectivity index (χ3v) is 2.90. The first-order valence-electron chi connectivity index (χ1n) is 6.36. The lowest BCUT2D eigenvalue weighted by Crippen LogP contribution is -2.25. The lowest BCUT2D eigenvalue weighted by Gasteiger charge is -2.04. The molecule has 2 rings (SSSR count). The van der Waals surface area contributed by atoms with Gasteiger partial charge in [-0.2, -0.15) is 4.98 Å². The monoisotopic (exact) mass is 239 g/mol. The number of hydrogen-bond donors (Lipinski definition) is 1. The molecule has 0 bridgehead atoms. The van der Waals surface area contributed by atoms with Gasteiger partial charge in [0.25, 0.3) is 0 Å². The van der Waals surface area contributed by atoms with Crippen molar-refractivity contribution in [2.24, 2.45) is 5.92 Å². The van der Waals surface area contributed by atoms with Gasteiger partial charge in [-0.05, 0) is 12.3 Å². The predicted molar refractivity (Wildman–Crippen MR) is 63.8 cm³/mol. The molecule has 1 saturated heterocycles. The smallest absolute Gasteiger partial charge is 0.227 e. The second kappa shape index (κ2) is 6.12. The Labute approximate surface area is 102 Å². The van der Waals surface area contributed by atoms with Crippen molar-refractivity contribution in [3.8, 4) is 0 Å². The zero-order valence-electron chi connectivity index (χ0n) is 10.6. The highest BCUT2D eigenvalue weighted by atomic mass is 16.5. The summed E-state index contributed by atoms with van der Waals surface area (Å²) in [6, 6.07) is 0.494. The van der Waals surface area contributed by atoms with Crippen LogP contribution in [0.1, 0.15) is 32.0 Å². The van der Waals surface area contributed by atoms with Crippen LogP contribution in [0.5, 0.6) is 0 Å². The molecule has 1 aliphatic heterocycles. The maximum Gasteiger partial charge on any atom is 0.227 e. The summed E-state index contributed by atoms with van der Waals surface area (Å²) in [5, 5.41) is 7.34. The van der Waals surface area contributed by atoms with E-state index in [0.717, 1.165) is 50.7 Å². The normalized spacial score (nSPS) is 20.3. The van der Waals surface area contributed by atoms with Crippen LogP contribution in [0, 0.1) is 5.92 Å². The third-order valence-electron chi connectivity index (χ3n) is 2.90. The van der Waals surface area contributed by atoms with Gasteiger partial charge in [-0.3, -0.25) is 0 Å². The predicted octanol–water partition coefficient (Wildman–Crippen LogP) is 1.19. The minimum absolute atomic E-state index is 0.494. The van der Waals surface area contributed by atoms with Gasteiger partial charge in [0.05, 0.1) is 0 Å². The van der Waals surface area contributed by atoms with Crippen molar-refractivity contribution in [2.45, 2.75) is 39.2 Å². The first-order chi connectivity index (χ1) is 8.24. The highest BCUT2D eigenvalue weighted by Crippen LogP contribution is 2.16. The number of hydrogen-bond acceptors (Lipinski definition) is 5. The fourth-order valence-corrected chi connectivity index (χ4v) is 1.94. The standard InChI is InChI=1S/C12H21N3O2/c1-9(2)13-5-3-12-14-11(15-17-12)7-10-4-6-16-8-10/h9-10,13H,3-8H2,1-2H3. The van der Waals surface area contributed by atoms with Crippen molar-refractivity contribution in [1.29, 1.82) is 0 Å². The first kappa shape index (κ1) is 12.5. The molecule has 1 N–H and O–H groups in total. The third kappa shape index (κ3) is 4.09. The molecule has 2 heterocycles. The summed E-state index contributed by atoms with van der Waals surface area (Å²) in [7, 11) is 0. The molecule has 5 nitrogen and oxygen atoms in total. The Morgan fingerprint density at radius 2 is 2.35 bits per heavy atom. The van der Waals surface area contributed by atoms with E-state index in [0.29, 0.717) is 12.0 Å². The Bertz CT molecular complexity index is 332. The first-order valence-corrected chi connectivity index (χ1v) is 6.36. The van der Waals surface area contributed by atoms with Crippen LogP contribution in [-0.2, 0) is 17.6 Å². The lowest BCUT2D eigenvalue weighted by atomic mass is 10.1. The summed E-state index contributed by atoms with van der Waals surface area (Å²) in [5.41, 5.74) is 0. The van der Waals surface area contributed by atoms with Gasteiger partial charge in [-0.15, -0.1) is 0 Å². The quantitative estimate of drug-likeness (QED) is 0.808. The van der Waals surface area contributed by atoms with Gasteiger partial charge < -0.3 is 14.6 Å². The molecule has 5 heteroatoms. The Kier molecular flexibility index (Phi) is 4.50. The molecule has 0 aliphatic carbocycles. The number of nitrogens with zero attached hydrogens (tertiary/aromatic N) is 2. The van der Waals surface area contributed by atoms with Crippen LogP contribution < -0.4 is 5.32 Å². The molecule has 0 aromatic carbocycles. The van der Waals surface area contributed by atoms with E-state index in [9.17, 15) is 0 Å². The van der Waals surface area contributed by atoms with Crippen LogP contribution >= 0.6 is 0 Å². The van der Waals surface area contributed by atoms with Gasteiger partial charge in [0, 0.05) is 38.6 Å². The van der Waals surface area contributed by atoms with Crippen LogP contribution in [0.4, 0.5) is 0 Å². The largest absolute Gasteiger partial charge is 0.381 e. The minimum Gasteiger partial charge on any atom is -0.381 e. The van der Waals surface area contributed by atoms with E-state index in [1.54, 1.807) is 0 Å². The van der Waals surface area contributed by atoms with E-state index in [2.05, 4.69) is 29.3 Å².